The monoisotopic (exact) mass is 288 g/mol. The number of hydrogen-bond acceptors (Lipinski definition) is 3. The predicted octanol–water partition coefficient (Wildman–Crippen LogP) is 2.52. The average molecular weight is 288 g/mol. The Morgan fingerprint density at radius 2 is 2.05 bits per heavy atom. The van der Waals surface area contributed by atoms with Crippen LogP contribution >= 0.6 is 0 Å². The second kappa shape index (κ2) is 6.13. The highest BCUT2D eigenvalue weighted by atomic mass is 19.4. The number of nitrogens with one attached hydrogen (secondary N) is 2. The van der Waals surface area contributed by atoms with E-state index >= 15 is 0 Å². The van der Waals surface area contributed by atoms with E-state index in [9.17, 15) is 18.0 Å². The SMILES string of the molecule is O=C(CC1CCNC1)Nc1ccc(OC(F)(F)F)cc1. The van der Waals surface area contributed by atoms with Gasteiger partial charge in [0.1, 0.15) is 5.75 Å². The topological polar surface area (TPSA) is 50.4 Å². The summed E-state index contributed by atoms with van der Waals surface area (Å²) < 4.78 is 39.7. The minimum atomic E-state index is -4.71. The first-order valence-electron chi connectivity index (χ1n) is 6.29. The molecular weight excluding hydrogens is 273 g/mol. The molecular formula is C13H15F3N2O2. The number of rotatable bonds is 4. The summed E-state index contributed by atoms with van der Waals surface area (Å²) in [6.07, 6.45) is -3.33. The molecule has 0 bridgehead atoms. The average Bonchev–Trinajstić information content (AvgIpc) is 2.82. The number of hydrogen-bond donors (Lipinski definition) is 2. The summed E-state index contributed by atoms with van der Waals surface area (Å²) in [4.78, 5) is 11.7. The van der Waals surface area contributed by atoms with Crippen LogP contribution < -0.4 is 15.4 Å². The molecule has 1 unspecified atom stereocenters. The lowest BCUT2D eigenvalue weighted by Crippen LogP contribution is -2.18. The van der Waals surface area contributed by atoms with Crippen LogP contribution in [0.1, 0.15) is 12.8 Å². The summed E-state index contributed by atoms with van der Waals surface area (Å²) >= 11 is 0. The molecule has 1 aromatic carbocycles. The molecule has 2 rings (SSSR count). The van der Waals surface area contributed by atoms with Gasteiger partial charge in [-0.1, -0.05) is 0 Å². The van der Waals surface area contributed by atoms with E-state index in [0.717, 1.165) is 19.5 Å². The fraction of sp³-hybridized carbons (Fsp3) is 0.462. The van der Waals surface area contributed by atoms with E-state index in [2.05, 4.69) is 15.4 Å². The van der Waals surface area contributed by atoms with Gasteiger partial charge in [0.05, 0.1) is 0 Å². The fourth-order valence-electron chi connectivity index (χ4n) is 2.10. The van der Waals surface area contributed by atoms with Crippen molar-refractivity contribution in [3.63, 3.8) is 0 Å². The standard InChI is InChI=1S/C13H15F3N2O2/c14-13(15,16)20-11-3-1-10(2-4-11)18-12(19)7-9-5-6-17-8-9/h1-4,9,17H,5-8H2,(H,18,19). The second-order valence-corrected chi connectivity index (χ2v) is 4.68. The van der Waals surface area contributed by atoms with E-state index in [4.69, 9.17) is 0 Å². The Bertz CT molecular complexity index is 454. The van der Waals surface area contributed by atoms with Gasteiger partial charge in [0.15, 0.2) is 0 Å². The fourth-order valence-corrected chi connectivity index (χ4v) is 2.10. The molecule has 1 amide bonds. The van der Waals surface area contributed by atoms with E-state index < -0.39 is 6.36 Å². The van der Waals surface area contributed by atoms with Crippen LogP contribution in [0.25, 0.3) is 0 Å². The van der Waals surface area contributed by atoms with E-state index in [1.807, 2.05) is 0 Å². The van der Waals surface area contributed by atoms with E-state index in [0.29, 0.717) is 18.0 Å². The van der Waals surface area contributed by atoms with Gasteiger partial charge < -0.3 is 15.4 Å². The smallest absolute Gasteiger partial charge is 0.406 e. The van der Waals surface area contributed by atoms with Crippen molar-refractivity contribution in [3.8, 4) is 5.75 Å². The van der Waals surface area contributed by atoms with Crippen LogP contribution in [0.3, 0.4) is 0 Å². The lowest BCUT2D eigenvalue weighted by atomic mass is 10.0. The van der Waals surface area contributed by atoms with Crippen molar-refractivity contribution in [1.29, 1.82) is 0 Å². The molecule has 20 heavy (non-hydrogen) atoms. The van der Waals surface area contributed by atoms with Crippen LogP contribution in [0, 0.1) is 5.92 Å². The van der Waals surface area contributed by atoms with Gasteiger partial charge in [0.25, 0.3) is 0 Å². The van der Waals surface area contributed by atoms with Crippen LogP contribution in [0.2, 0.25) is 0 Å². The molecule has 1 aliphatic heterocycles. The highest BCUT2D eigenvalue weighted by Gasteiger charge is 2.31. The van der Waals surface area contributed by atoms with Gasteiger partial charge in [0.2, 0.25) is 5.91 Å². The summed E-state index contributed by atoms with van der Waals surface area (Å²) in [5, 5.41) is 5.82. The van der Waals surface area contributed by atoms with Crippen LogP contribution in [0.4, 0.5) is 18.9 Å². The van der Waals surface area contributed by atoms with Crippen molar-refractivity contribution >= 4 is 11.6 Å². The molecule has 1 fully saturated rings. The van der Waals surface area contributed by atoms with Gasteiger partial charge >= 0.3 is 6.36 Å². The first-order chi connectivity index (χ1) is 9.42. The van der Waals surface area contributed by atoms with Gasteiger partial charge in [-0.25, -0.2) is 0 Å². The van der Waals surface area contributed by atoms with Gasteiger partial charge in [0, 0.05) is 12.1 Å². The van der Waals surface area contributed by atoms with Crippen molar-refractivity contribution in [1.82, 2.24) is 5.32 Å². The quantitative estimate of drug-likeness (QED) is 0.895. The van der Waals surface area contributed by atoms with Crippen LogP contribution in [0.15, 0.2) is 24.3 Å². The van der Waals surface area contributed by atoms with E-state index in [1.165, 1.54) is 24.3 Å². The number of anilines is 1. The second-order valence-electron chi connectivity index (χ2n) is 4.68. The number of carbonyl (C=O) groups excluding carboxylic acids is 1. The van der Waals surface area contributed by atoms with Crippen molar-refractivity contribution in [3.05, 3.63) is 24.3 Å². The van der Waals surface area contributed by atoms with Crippen molar-refractivity contribution in [2.24, 2.45) is 5.92 Å². The zero-order valence-corrected chi connectivity index (χ0v) is 10.7. The Hall–Kier alpha value is -1.76. The molecule has 0 aliphatic carbocycles. The molecule has 7 heteroatoms. The number of benzene rings is 1. The molecule has 1 aliphatic rings. The lowest BCUT2D eigenvalue weighted by molar-refractivity contribution is -0.274. The maximum absolute atomic E-state index is 12.0. The van der Waals surface area contributed by atoms with Crippen LogP contribution in [-0.4, -0.2) is 25.4 Å². The Balaban J connectivity index is 1.85. The Morgan fingerprint density at radius 1 is 1.35 bits per heavy atom. The summed E-state index contributed by atoms with van der Waals surface area (Å²) in [7, 11) is 0. The number of carbonyl (C=O) groups is 1. The summed E-state index contributed by atoms with van der Waals surface area (Å²) in [5.41, 5.74) is 0.454. The summed E-state index contributed by atoms with van der Waals surface area (Å²) in [6, 6.07) is 5.10. The summed E-state index contributed by atoms with van der Waals surface area (Å²) in [5.74, 6) is -0.124. The normalized spacial score (nSPS) is 18.9. The molecule has 4 nitrogen and oxygen atoms in total. The lowest BCUT2D eigenvalue weighted by Gasteiger charge is -2.11. The van der Waals surface area contributed by atoms with Gasteiger partial charge in [-0.3, -0.25) is 4.79 Å². The molecule has 0 radical (unpaired) electrons. The molecule has 1 saturated heterocycles. The molecule has 1 heterocycles. The molecule has 110 valence electrons. The molecule has 0 spiro atoms. The summed E-state index contributed by atoms with van der Waals surface area (Å²) in [6.45, 7) is 1.74. The first-order valence-corrected chi connectivity index (χ1v) is 6.29. The minimum absolute atomic E-state index is 0.136. The maximum atomic E-state index is 12.0. The van der Waals surface area contributed by atoms with E-state index in [-0.39, 0.29) is 11.7 Å². The third-order valence-electron chi connectivity index (χ3n) is 3.01. The van der Waals surface area contributed by atoms with Gasteiger partial charge in [-0.05, 0) is 49.7 Å². The first kappa shape index (κ1) is 14.6. The third-order valence-corrected chi connectivity index (χ3v) is 3.01. The molecule has 0 aromatic heterocycles. The Kier molecular flexibility index (Phi) is 4.49. The number of amides is 1. The van der Waals surface area contributed by atoms with Crippen LogP contribution in [0.5, 0.6) is 5.75 Å². The third kappa shape index (κ3) is 4.73. The van der Waals surface area contributed by atoms with Crippen molar-refractivity contribution in [2.45, 2.75) is 19.2 Å². The van der Waals surface area contributed by atoms with Crippen molar-refractivity contribution in [2.75, 3.05) is 18.4 Å². The predicted molar refractivity (Wildman–Crippen MR) is 67.3 cm³/mol. The highest BCUT2D eigenvalue weighted by molar-refractivity contribution is 5.90. The molecule has 2 N–H and O–H groups in total. The van der Waals surface area contributed by atoms with Gasteiger partial charge in [-0.2, -0.15) is 0 Å². The van der Waals surface area contributed by atoms with E-state index in [1.54, 1.807) is 0 Å². The maximum Gasteiger partial charge on any atom is 0.573 e. The largest absolute Gasteiger partial charge is 0.573 e. The zero-order valence-electron chi connectivity index (χ0n) is 10.7. The molecule has 0 saturated carbocycles. The number of ether oxygens (including phenoxy) is 1. The van der Waals surface area contributed by atoms with Gasteiger partial charge in [-0.15, -0.1) is 13.2 Å². The molecule has 1 atom stereocenters. The molecule has 1 aromatic rings. The number of halogens is 3. The Labute approximate surface area is 114 Å². The highest BCUT2D eigenvalue weighted by Crippen LogP contribution is 2.24. The Morgan fingerprint density at radius 3 is 2.60 bits per heavy atom. The number of alkyl halides is 3. The minimum Gasteiger partial charge on any atom is -0.406 e. The van der Waals surface area contributed by atoms with Crippen LogP contribution in [-0.2, 0) is 4.79 Å². The van der Waals surface area contributed by atoms with Crippen molar-refractivity contribution < 1.29 is 22.7 Å². The zero-order chi connectivity index (χ0) is 14.6.